The third-order valence-electron chi connectivity index (χ3n) is 9.98. The van der Waals surface area contributed by atoms with Crippen LogP contribution in [-0.2, 0) is 5.41 Å². The fourth-order valence-electron chi connectivity index (χ4n) is 7.79. The first kappa shape index (κ1) is 28.1. The highest BCUT2D eigenvalue weighted by molar-refractivity contribution is 5.97. The minimum absolute atomic E-state index is 0.582. The maximum atomic E-state index is 9.78. The molecule has 1 aliphatic carbocycles. The molecule has 1 unspecified atom stereocenters. The Hall–Kier alpha value is -6.90. The molecule has 7 aromatic carbocycles. The summed E-state index contributed by atoms with van der Waals surface area (Å²) in [5.74, 6) is 3.40. The molecule has 5 nitrogen and oxygen atoms in total. The molecule has 8 aromatic rings. The molecule has 0 saturated carbocycles. The van der Waals surface area contributed by atoms with Crippen LogP contribution in [0.25, 0.3) is 56.1 Å². The van der Waals surface area contributed by atoms with E-state index < -0.39 is 5.41 Å². The Bertz CT molecular complexity index is 2640. The summed E-state index contributed by atoms with van der Waals surface area (Å²) >= 11 is 0. The molecule has 1 spiro atoms. The number of rotatable bonds is 3. The van der Waals surface area contributed by atoms with Crippen molar-refractivity contribution in [3.63, 3.8) is 0 Å². The highest BCUT2D eigenvalue weighted by atomic mass is 16.5. The maximum Gasteiger partial charge on any atom is 0.164 e. The number of nitriles is 1. The molecule has 2 aliphatic rings. The van der Waals surface area contributed by atoms with Crippen LogP contribution in [0.5, 0.6) is 11.5 Å². The predicted molar refractivity (Wildman–Crippen MR) is 196 cm³/mol. The van der Waals surface area contributed by atoms with Crippen molar-refractivity contribution in [2.75, 3.05) is 0 Å². The number of hydrogen-bond acceptors (Lipinski definition) is 5. The standard InChI is InChI=1S/C45H26N4O/c46-27-28-19-20-31-24-35-34-15-7-8-16-36(34)45(38(35)26-33(31)23-28)37-17-9-10-18-40(37)50-41-22-21-32(25-39(41)45)44-48-42(29-11-3-1-4-12-29)47-43(49-44)30-13-5-2-6-14-30/h1-26H. The lowest BCUT2D eigenvalue weighted by Crippen LogP contribution is -2.32. The van der Waals surface area contributed by atoms with Crippen molar-refractivity contribution in [3.8, 4) is 62.9 Å². The largest absolute Gasteiger partial charge is 0.457 e. The van der Waals surface area contributed by atoms with Gasteiger partial charge in [-0.05, 0) is 81.6 Å². The van der Waals surface area contributed by atoms with Gasteiger partial charge < -0.3 is 4.74 Å². The van der Waals surface area contributed by atoms with E-state index in [2.05, 4.69) is 60.7 Å². The van der Waals surface area contributed by atoms with Crippen LogP contribution in [0.4, 0.5) is 0 Å². The molecule has 0 amide bonds. The lowest BCUT2D eigenvalue weighted by molar-refractivity contribution is 0.436. The summed E-state index contributed by atoms with van der Waals surface area (Å²) in [6.45, 7) is 0. The van der Waals surface area contributed by atoms with Crippen LogP contribution in [0, 0.1) is 11.3 Å². The zero-order valence-corrected chi connectivity index (χ0v) is 26.7. The van der Waals surface area contributed by atoms with Crippen molar-refractivity contribution in [2.45, 2.75) is 5.41 Å². The van der Waals surface area contributed by atoms with Gasteiger partial charge in [0.15, 0.2) is 17.5 Å². The monoisotopic (exact) mass is 638 g/mol. The topological polar surface area (TPSA) is 71.7 Å². The third kappa shape index (κ3) is 4.09. The second-order valence-corrected chi connectivity index (χ2v) is 12.7. The summed E-state index contributed by atoms with van der Waals surface area (Å²) in [5, 5.41) is 11.9. The molecule has 10 rings (SSSR count). The predicted octanol–water partition coefficient (Wildman–Crippen LogP) is 10.4. The van der Waals surface area contributed by atoms with E-state index >= 15 is 0 Å². The van der Waals surface area contributed by atoms with Gasteiger partial charge in [0.05, 0.1) is 17.0 Å². The number of ether oxygens (including phenoxy) is 1. The SMILES string of the molecule is N#Cc1ccc2cc3c(cc2c1)C1(c2ccccc2Oc2ccc(-c4nc(-c5ccccc5)nc(-c5ccccc5)n4)cc21)c1ccccc1-3. The van der Waals surface area contributed by atoms with Gasteiger partial charge in [-0.1, -0.05) is 109 Å². The molecule has 0 fully saturated rings. The van der Waals surface area contributed by atoms with E-state index in [1.807, 2.05) is 103 Å². The third-order valence-corrected chi connectivity index (χ3v) is 9.98. The van der Waals surface area contributed by atoms with Crippen molar-refractivity contribution in [2.24, 2.45) is 0 Å². The van der Waals surface area contributed by atoms with Crippen molar-refractivity contribution >= 4 is 10.8 Å². The molecule has 50 heavy (non-hydrogen) atoms. The second-order valence-electron chi connectivity index (χ2n) is 12.7. The van der Waals surface area contributed by atoms with Gasteiger partial charge in [0, 0.05) is 27.8 Å². The van der Waals surface area contributed by atoms with E-state index in [1.165, 1.54) is 16.7 Å². The van der Waals surface area contributed by atoms with Crippen LogP contribution in [0.2, 0.25) is 0 Å². The smallest absolute Gasteiger partial charge is 0.164 e. The average Bonchev–Trinajstić information content (AvgIpc) is 3.46. The molecule has 1 aromatic heterocycles. The molecule has 0 bridgehead atoms. The maximum absolute atomic E-state index is 9.78. The first-order chi connectivity index (χ1) is 24.7. The van der Waals surface area contributed by atoms with E-state index in [1.54, 1.807) is 0 Å². The summed E-state index contributed by atoms with van der Waals surface area (Å²) in [6.07, 6.45) is 0. The Morgan fingerprint density at radius 2 is 1.06 bits per heavy atom. The quantitative estimate of drug-likeness (QED) is 0.193. The minimum Gasteiger partial charge on any atom is -0.457 e. The summed E-state index contributed by atoms with van der Waals surface area (Å²) < 4.78 is 6.70. The van der Waals surface area contributed by atoms with E-state index in [-0.39, 0.29) is 0 Å². The number of nitrogens with zero attached hydrogens (tertiary/aromatic N) is 4. The summed E-state index contributed by atoms with van der Waals surface area (Å²) in [4.78, 5) is 15.0. The number of hydrogen-bond donors (Lipinski definition) is 0. The van der Waals surface area contributed by atoms with Crippen molar-refractivity contribution in [1.82, 2.24) is 15.0 Å². The Morgan fingerprint density at radius 1 is 0.440 bits per heavy atom. The van der Waals surface area contributed by atoms with Crippen LogP contribution < -0.4 is 4.74 Å². The summed E-state index contributed by atoms with van der Waals surface area (Å²) in [5.41, 5.74) is 9.41. The van der Waals surface area contributed by atoms with E-state index in [0.29, 0.717) is 23.0 Å². The van der Waals surface area contributed by atoms with Crippen LogP contribution in [-0.4, -0.2) is 15.0 Å². The van der Waals surface area contributed by atoms with Gasteiger partial charge in [-0.3, -0.25) is 0 Å². The highest BCUT2D eigenvalue weighted by Gasteiger charge is 2.51. The van der Waals surface area contributed by atoms with Crippen LogP contribution >= 0.6 is 0 Å². The normalized spacial score (nSPS) is 15.0. The molecule has 2 heterocycles. The van der Waals surface area contributed by atoms with Crippen LogP contribution in [0.3, 0.4) is 0 Å². The molecule has 0 radical (unpaired) electrons. The van der Waals surface area contributed by atoms with Gasteiger partial charge in [-0.25, -0.2) is 15.0 Å². The van der Waals surface area contributed by atoms with E-state index in [9.17, 15) is 5.26 Å². The number of benzene rings is 7. The Labute approximate surface area is 288 Å². The minimum atomic E-state index is -0.694. The van der Waals surface area contributed by atoms with Crippen LogP contribution in [0.1, 0.15) is 27.8 Å². The fraction of sp³-hybridized carbons (Fsp3) is 0.0222. The molecule has 1 aliphatic heterocycles. The lowest BCUT2D eigenvalue weighted by atomic mass is 9.65. The Balaban J connectivity index is 1.27. The van der Waals surface area contributed by atoms with Crippen LogP contribution in [0.15, 0.2) is 158 Å². The average molecular weight is 639 g/mol. The number of para-hydroxylation sites is 1. The number of fused-ring (bicyclic) bond motifs is 10. The molecule has 1 atom stereocenters. The molecular formula is C45H26N4O. The Kier molecular flexibility index (Phi) is 6.09. The van der Waals surface area contributed by atoms with Gasteiger partial charge in [-0.2, -0.15) is 5.26 Å². The van der Waals surface area contributed by atoms with Crippen molar-refractivity contribution < 1.29 is 4.74 Å². The van der Waals surface area contributed by atoms with Crippen molar-refractivity contribution in [1.29, 1.82) is 5.26 Å². The van der Waals surface area contributed by atoms with Gasteiger partial charge in [0.1, 0.15) is 11.5 Å². The second kappa shape index (κ2) is 10.8. The highest BCUT2D eigenvalue weighted by Crippen LogP contribution is 2.62. The van der Waals surface area contributed by atoms with Gasteiger partial charge >= 0.3 is 0 Å². The fourth-order valence-corrected chi connectivity index (χ4v) is 7.79. The zero-order valence-electron chi connectivity index (χ0n) is 26.7. The van der Waals surface area contributed by atoms with Gasteiger partial charge in [0.25, 0.3) is 0 Å². The van der Waals surface area contributed by atoms with Gasteiger partial charge in [0.2, 0.25) is 0 Å². The molecular weight excluding hydrogens is 613 g/mol. The van der Waals surface area contributed by atoms with E-state index in [4.69, 9.17) is 19.7 Å². The van der Waals surface area contributed by atoms with Gasteiger partial charge in [-0.15, -0.1) is 0 Å². The Morgan fingerprint density at radius 3 is 1.78 bits per heavy atom. The first-order valence-electron chi connectivity index (χ1n) is 16.6. The van der Waals surface area contributed by atoms with E-state index in [0.717, 1.165) is 55.7 Å². The van der Waals surface area contributed by atoms with Crippen molar-refractivity contribution in [3.05, 3.63) is 186 Å². The molecule has 5 heteroatoms. The number of aromatic nitrogens is 3. The molecule has 0 N–H and O–H groups in total. The summed E-state index contributed by atoms with van der Waals surface area (Å²) in [6, 6.07) is 56.1. The summed E-state index contributed by atoms with van der Waals surface area (Å²) in [7, 11) is 0. The first-order valence-corrected chi connectivity index (χ1v) is 16.6. The molecule has 0 saturated heterocycles. The lowest BCUT2D eigenvalue weighted by Gasteiger charge is -2.39. The molecule has 232 valence electrons. The zero-order chi connectivity index (χ0) is 33.2.